The van der Waals surface area contributed by atoms with Gasteiger partial charge in [-0.15, -0.1) is 0 Å². The molecule has 8 heteroatoms. The summed E-state index contributed by atoms with van der Waals surface area (Å²) in [6, 6.07) is 1.42. The molecule has 2 fully saturated rings. The van der Waals surface area contributed by atoms with Crippen molar-refractivity contribution in [3.63, 3.8) is 0 Å². The Morgan fingerprint density at radius 2 is 2.14 bits per heavy atom. The molecule has 0 bridgehead atoms. The quantitative estimate of drug-likeness (QED) is 0.788. The van der Waals surface area contributed by atoms with E-state index in [-0.39, 0.29) is 18.1 Å². The maximum Gasteiger partial charge on any atom is 0.289 e. The van der Waals surface area contributed by atoms with Crippen LogP contribution in [0.25, 0.3) is 0 Å². The second-order valence-corrected chi connectivity index (χ2v) is 7.76. The highest BCUT2D eigenvalue weighted by atomic mass is 32.2. The third kappa shape index (κ3) is 2.78. The van der Waals surface area contributed by atoms with Crippen molar-refractivity contribution in [1.29, 1.82) is 0 Å². The maximum atomic E-state index is 12.5. The van der Waals surface area contributed by atoms with E-state index in [1.54, 1.807) is 11.0 Å². The van der Waals surface area contributed by atoms with Gasteiger partial charge in [0, 0.05) is 25.2 Å². The summed E-state index contributed by atoms with van der Waals surface area (Å²) in [6.45, 7) is 3.42. The van der Waals surface area contributed by atoms with Gasteiger partial charge in [0.1, 0.15) is 0 Å². The van der Waals surface area contributed by atoms with E-state index in [0.717, 1.165) is 5.56 Å². The van der Waals surface area contributed by atoms with Gasteiger partial charge in [0.2, 0.25) is 10.0 Å². The largest absolute Gasteiger partial charge is 0.459 e. The lowest BCUT2D eigenvalue weighted by molar-refractivity contribution is -0.0707. The molecule has 1 amide bonds. The summed E-state index contributed by atoms with van der Waals surface area (Å²) in [7, 11) is -3.32. The highest BCUT2D eigenvalue weighted by Crippen LogP contribution is 2.26. The smallest absolute Gasteiger partial charge is 0.289 e. The highest BCUT2D eigenvalue weighted by Gasteiger charge is 2.42. The number of piperidine rings is 1. The Hall–Kier alpha value is -1.38. The van der Waals surface area contributed by atoms with Crippen molar-refractivity contribution >= 4 is 15.9 Å². The first-order valence-corrected chi connectivity index (χ1v) is 9.14. The molecule has 3 rings (SSSR count). The topological polar surface area (TPSA) is 80.1 Å². The lowest BCUT2D eigenvalue weighted by Crippen LogP contribution is -2.61. The number of nitrogens with zero attached hydrogens (tertiary/aromatic N) is 2. The number of aryl methyl sites for hydroxylation is 1. The van der Waals surface area contributed by atoms with Crippen molar-refractivity contribution in [2.45, 2.75) is 25.5 Å². The molecule has 0 aliphatic carbocycles. The van der Waals surface area contributed by atoms with Crippen molar-refractivity contribution in [3.8, 4) is 0 Å². The molecule has 22 heavy (non-hydrogen) atoms. The van der Waals surface area contributed by atoms with E-state index >= 15 is 0 Å². The summed E-state index contributed by atoms with van der Waals surface area (Å²) in [5.74, 6) is 0.126. The molecule has 3 heterocycles. The predicted octanol–water partition coefficient (Wildman–Crippen LogP) is 0.463. The number of fused-ring (bicyclic) bond motifs is 1. The van der Waals surface area contributed by atoms with Gasteiger partial charge in [-0.1, -0.05) is 0 Å². The summed E-state index contributed by atoms with van der Waals surface area (Å²) >= 11 is 0. The van der Waals surface area contributed by atoms with E-state index in [0.29, 0.717) is 38.4 Å². The third-order valence-electron chi connectivity index (χ3n) is 4.30. The minimum Gasteiger partial charge on any atom is -0.459 e. The third-order valence-corrected chi connectivity index (χ3v) is 5.61. The molecule has 0 radical (unpaired) electrons. The van der Waals surface area contributed by atoms with Crippen LogP contribution in [-0.4, -0.2) is 68.2 Å². The zero-order valence-corrected chi connectivity index (χ0v) is 13.5. The van der Waals surface area contributed by atoms with Crippen LogP contribution in [0, 0.1) is 6.92 Å². The Bertz CT molecular complexity index is 669. The monoisotopic (exact) mass is 328 g/mol. The van der Waals surface area contributed by atoms with Gasteiger partial charge in [-0.25, -0.2) is 8.42 Å². The molecule has 2 saturated heterocycles. The van der Waals surface area contributed by atoms with E-state index in [9.17, 15) is 13.2 Å². The van der Waals surface area contributed by atoms with Gasteiger partial charge in [0.25, 0.3) is 5.91 Å². The maximum absolute atomic E-state index is 12.5. The van der Waals surface area contributed by atoms with Crippen molar-refractivity contribution in [2.75, 3.05) is 32.5 Å². The number of sulfonamides is 1. The summed E-state index contributed by atoms with van der Waals surface area (Å²) < 4.78 is 36.3. The lowest BCUT2D eigenvalue weighted by Gasteiger charge is -2.45. The fourth-order valence-corrected chi connectivity index (χ4v) is 4.27. The Labute approximate surface area is 129 Å². The number of carbonyl (C=O) groups is 1. The van der Waals surface area contributed by atoms with Crippen molar-refractivity contribution in [1.82, 2.24) is 9.21 Å². The summed E-state index contributed by atoms with van der Waals surface area (Å²) in [5, 5.41) is 0. The lowest BCUT2D eigenvalue weighted by atomic mass is 10.00. The van der Waals surface area contributed by atoms with Crippen LogP contribution in [-0.2, 0) is 14.8 Å². The standard InChI is InChI=1S/C14H20N2O5S/c1-10-4-7-21-13(10)14(17)15-5-3-12-11(9-15)16(6-8-20-12)22(2,18)19/h4,7,11-12H,3,5-6,8-9H2,1-2H3/t11-,12-/m0/s1. The number of rotatable bonds is 2. The molecule has 1 aromatic rings. The molecule has 1 aromatic heterocycles. The number of furan rings is 1. The second kappa shape index (κ2) is 5.68. The molecule has 2 atom stereocenters. The zero-order chi connectivity index (χ0) is 15.9. The minimum absolute atomic E-state index is 0.148. The molecule has 2 aliphatic rings. The van der Waals surface area contributed by atoms with Crippen LogP contribution in [0.4, 0.5) is 0 Å². The SMILES string of the molecule is Cc1ccoc1C(=O)N1CC[C@@H]2OCCN(S(C)(=O)=O)[C@H]2C1. The number of amides is 1. The first-order valence-electron chi connectivity index (χ1n) is 7.29. The van der Waals surface area contributed by atoms with E-state index in [4.69, 9.17) is 9.15 Å². The fraction of sp³-hybridized carbons (Fsp3) is 0.643. The van der Waals surface area contributed by atoms with Crippen LogP contribution in [0.5, 0.6) is 0 Å². The minimum atomic E-state index is -3.32. The predicted molar refractivity (Wildman–Crippen MR) is 79.0 cm³/mol. The van der Waals surface area contributed by atoms with Crippen LogP contribution >= 0.6 is 0 Å². The number of morpholine rings is 1. The molecule has 0 aromatic carbocycles. The van der Waals surface area contributed by atoms with Crippen LogP contribution in [0.15, 0.2) is 16.7 Å². The van der Waals surface area contributed by atoms with E-state index in [2.05, 4.69) is 0 Å². The number of likely N-dealkylation sites (tertiary alicyclic amines) is 1. The van der Waals surface area contributed by atoms with Crippen molar-refractivity contribution in [2.24, 2.45) is 0 Å². The highest BCUT2D eigenvalue weighted by molar-refractivity contribution is 7.88. The van der Waals surface area contributed by atoms with Gasteiger partial charge >= 0.3 is 0 Å². The van der Waals surface area contributed by atoms with Crippen LogP contribution < -0.4 is 0 Å². The number of carbonyl (C=O) groups excluding carboxylic acids is 1. The first kappa shape index (κ1) is 15.5. The molecule has 122 valence electrons. The van der Waals surface area contributed by atoms with Gasteiger partial charge < -0.3 is 14.1 Å². The van der Waals surface area contributed by atoms with Gasteiger partial charge in [-0.3, -0.25) is 4.79 Å². The van der Waals surface area contributed by atoms with Gasteiger partial charge in [0.05, 0.1) is 31.3 Å². The zero-order valence-electron chi connectivity index (χ0n) is 12.7. The average Bonchev–Trinajstić information content (AvgIpc) is 2.90. The number of hydrogen-bond acceptors (Lipinski definition) is 5. The van der Waals surface area contributed by atoms with Crippen molar-refractivity contribution in [3.05, 3.63) is 23.7 Å². The van der Waals surface area contributed by atoms with E-state index < -0.39 is 10.0 Å². The average molecular weight is 328 g/mol. The Balaban J connectivity index is 1.80. The molecule has 2 aliphatic heterocycles. The number of hydrogen-bond donors (Lipinski definition) is 0. The van der Waals surface area contributed by atoms with Crippen molar-refractivity contribution < 1.29 is 22.4 Å². The molecule has 0 unspecified atom stereocenters. The molecule has 0 spiro atoms. The Kier molecular flexibility index (Phi) is 4.00. The molecular weight excluding hydrogens is 308 g/mol. The van der Waals surface area contributed by atoms with Crippen LogP contribution in [0.2, 0.25) is 0 Å². The first-order chi connectivity index (χ1) is 10.4. The Morgan fingerprint density at radius 1 is 1.36 bits per heavy atom. The van der Waals surface area contributed by atoms with Gasteiger partial charge in [-0.2, -0.15) is 4.31 Å². The van der Waals surface area contributed by atoms with Gasteiger partial charge in [-0.05, 0) is 19.4 Å². The normalized spacial score (nSPS) is 26.7. The van der Waals surface area contributed by atoms with Gasteiger partial charge in [0.15, 0.2) is 5.76 Å². The molecule has 7 nitrogen and oxygen atoms in total. The molecule has 0 N–H and O–H groups in total. The molecular formula is C14H20N2O5S. The Morgan fingerprint density at radius 3 is 2.77 bits per heavy atom. The van der Waals surface area contributed by atoms with Crippen LogP contribution in [0.1, 0.15) is 22.5 Å². The number of ether oxygens (including phenoxy) is 1. The summed E-state index contributed by atoms with van der Waals surface area (Å²) in [4.78, 5) is 14.2. The summed E-state index contributed by atoms with van der Waals surface area (Å²) in [6.07, 6.45) is 3.17. The van der Waals surface area contributed by atoms with Crippen LogP contribution in [0.3, 0.4) is 0 Å². The van der Waals surface area contributed by atoms with E-state index in [1.807, 2.05) is 6.92 Å². The van der Waals surface area contributed by atoms with E-state index in [1.165, 1.54) is 16.8 Å². The summed E-state index contributed by atoms with van der Waals surface area (Å²) in [5.41, 5.74) is 0.784. The fourth-order valence-electron chi connectivity index (χ4n) is 3.17. The molecule has 0 saturated carbocycles. The second-order valence-electron chi connectivity index (χ2n) is 5.82.